The molecule has 0 radical (unpaired) electrons. The highest BCUT2D eigenvalue weighted by Gasteiger charge is 2.24. The monoisotopic (exact) mass is 290 g/mol. The highest BCUT2D eigenvalue weighted by molar-refractivity contribution is 8.13. The Morgan fingerprint density at radius 2 is 2.05 bits per heavy atom. The van der Waals surface area contributed by atoms with Gasteiger partial charge in [0, 0.05) is 13.6 Å². The van der Waals surface area contributed by atoms with Gasteiger partial charge in [0.25, 0.3) is 0 Å². The zero-order chi connectivity index (χ0) is 14.9. The van der Waals surface area contributed by atoms with Crippen molar-refractivity contribution in [1.29, 1.82) is 0 Å². The minimum Gasteiger partial charge on any atom is -0.443 e. The topological polar surface area (TPSA) is 68.2 Å². The first-order chi connectivity index (χ1) is 8.85. The molecule has 19 heavy (non-hydrogen) atoms. The van der Waals surface area contributed by atoms with Gasteiger partial charge in [-0.1, -0.05) is 11.8 Å². The summed E-state index contributed by atoms with van der Waals surface area (Å²) in [5, 5.41) is 0.502. The molecule has 110 valence electrons. The van der Waals surface area contributed by atoms with Gasteiger partial charge >= 0.3 is 6.09 Å². The number of amides is 1. The lowest BCUT2D eigenvalue weighted by Gasteiger charge is -2.26. The van der Waals surface area contributed by atoms with E-state index in [1.54, 1.807) is 7.05 Å². The average Bonchev–Trinajstić information content (AvgIpc) is 2.30. The minimum absolute atomic E-state index is 0.0303. The van der Waals surface area contributed by atoms with E-state index in [2.05, 4.69) is 4.99 Å². The van der Waals surface area contributed by atoms with E-state index in [9.17, 15) is 9.59 Å². The van der Waals surface area contributed by atoms with Gasteiger partial charge in [-0.05, 0) is 27.7 Å². The van der Waals surface area contributed by atoms with Gasteiger partial charge in [0.1, 0.15) is 24.4 Å². The zero-order valence-electron chi connectivity index (χ0n) is 12.1. The Morgan fingerprint density at radius 3 is 2.47 bits per heavy atom. The summed E-state index contributed by atoms with van der Waals surface area (Å²) in [5.41, 5.74) is -0.554. The minimum atomic E-state index is -0.554. The van der Waals surface area contributed by atoms with Crippen molar-refractivity contribution in [3.8, 4) is 0 Å². The van der Waals surface area contributed by atoms with Gasteiger partial charge < -0.3 is 14.3 Å². The fourth-order valence-electron chi connectivity index (χ4n) is 1.11. The van der Waals surface area contributed by atoms with Crippen molar-refractivity contribution in [3.63, 3.8) is 0 Å². The van der Waals surface area contributed by atoms with Gasteiger partial charge in [0.05, 0.1) is 0 Å². The molecule has 0 spiro atoms. The van der Waals surface area contributed by atoms with Crippen LogP contribution < -0.4 is 0 Å². The smallest absolute Gasteiger partial charge is 0.416 e. The molecule has 0 unspecified atom stereocenters. The van der Waals surface area contributed by atoms with E-state index >= 15 is 0 Å². The van der Waals surface area contributed by atoms with Crippen LogP contribution >= 0.6 is 11.8 Å². The molecule has 7 heteroatoms. The standard InChI is InChI=1S/C12H22N2O4S/c1-6-14(11(16)18-12(2,3)4)10(13-5)19-9-17-8-7-15/h7H,6,8-9H2,1-5H3. The van der Waals surface area contributed by atoms with Crippen LogP contribution in [-0.4, -0.2) is 54.2 Å². The van der Waals surface area contributed by atoms with E-state index in [0.717, 1.165) is 0 Å². The largest absolute Gasteiger partial charge is 0.443 e. The highest BCUT2D eigenvalue weighted by atomic mass is 32.2. The van der Waals surface area contributed by atoms with Crippen molar-refractivity contribution >= 4 is 29.3 Å². The van der Waals surface area contributed by atoms with Gasteiger partial charge in [-0.25, -0.2) is 4.79 Å². The Hall–Kier alpha value is -1.08. The summed E-state index contributed by atoms with van der Waals surface area (Å²) in [6.07, 6.45) is 0.230. The molecule has 0 bridgehead atoms. The summed E-state index contributed by atoms with van der Waals surface area (Å²) in [6, 6.07) is 0. The number of carbonyl (C=O) groups is 2. The van der Waals surface area contributed by atoms with Crippen LogP contribution in [0.5, 0.6) is 0 Å². The number of carbonyl (C=O) groups excluding carboxylic acids is 2. The predicted molar refractivity (Wildman–Crippen MR) is 76.4 cm³/mol. The van der Waals surface area contributed by atoms with Crippen molar-refractivity contribution < 1.29 is 19.1 Å². The number of hydrogen-bond donors (Lipinski definition) is 0. The average molecular weight is 290 g/mol. The number of amidine groups is 1. The van der Waals surface area contributed by atoms with Gasteiger partial charge in [-0.3, -0.25) is 9.89 Å². The molecule has 0 rings (SSSR count). The first kappa shape index (κ1) is 17.9. The molecule has 0 aliphatic heterocycles. The van der Waals surface area contributed by atoms with Gasteiger partial charge in [0.15, 0.2) is 5.17 Å². The number of nitrogens with zero attached hydrogens (tertiary/aromatic N) is 2. The summed E-state index contributed by atoms with van der Waals surface area (Å²) < 4.78 is 10.3. The van der Waals surface area contributed by atoms with E-state index in [-0.39, 0.29) is 12.5 Å². The fourth-order valence-corrected chi connectivity index (χ4v) is 1.89. The SMILES string of the molecule is CCN(C(=O)OC(C)(C)C)C(=NC)SCOCC=O. The lowest BCUT2D eigenvalue weighted by atomic mass is 10.2. The second-order valence-corrected chi connectivity index (χ2v) is 5.42. The van der Waals surface area contributed by atoms with Crippen LogP contribution in [0.1, 0.15) is 27.7 Å². The second kappa shape index (κ2) is 8.92. The Bertz CT molecular complexity index is 326. The van der Waals surface area contributed by atoms with Gasteiger partial charge in [-0.15, -0.1) is 0 Å². The molecule has 0 aliphatic rings. The number of aldehydes is 1. The number of rotatable bonds is 5. The molecule has 0 saturated carbocycles. The zero-order valence-corrected chi connectivity index (χ0v) is 13.0. The summed E-state index contributed by atoms with van der Waals surface area (Å²) in [7, 11) is 1.59. The summed E-state index contributed by atoms with van der Waals surface area (Å²) in [5.74, 6) is 0.255. The molecule has 0 N–H and O–H groups in total. The maximum atomic E-state index is 12.0. The van der Waals surface area contributed by atoms with Crippen LogP contribution in [0, 0.1) is 0 Å². The van der Waals surface area contributed by atoms with Gasteiger partial charge in [-0.2, -0.15) is 0 Å². The van der Waals surface area contributed by atoms with Crippen molar-refractivity contribution in [2.45, 2.75) is 33.3 Å². The molecule has 0 aromatic heterocycles. The van der Waals surface area contributed by atoms with E-state index in [1.165, 1.54) is 16.7 Å². The van der Waals surface area contributed by atoms with Crippen LogP contribution in [0.15, 0.2) is 4.99 Å². The number of thioether (sulfide) groups is 1. The normalized spacial score (nSPS) is 12.2. The van der Waals surface area contributed by atoms with E-state index in [1.807, 2.05) is 27.7 Å². The number of ether oxygens (including phenoxy) is 2. The van der Waals surface area contributed by atoms with Gasteiger partial charge in [0.2, 0.25) is 0 Å². The quantitative estimate of drug-likeness (QED) is 0.255. The lowest BCUT2D eigenvalue weighted by Crippen LogP contribution is -2.39. The Kier molecular flexibility index (Phi) is 8.42. The molecule has 0 heterocycles. The van der Waals surface area contributed by atoms with Crippen LogP contribution in [0.3, 0.4) is 0 Å². The van der Waals surface area contributed by atoms with E-state index in [4.69, 9.17) is 9.47 Å². The molecular weight excluding hydrogens is 268 g/mol. The molecule has 0 atom stereocenters. The third-order valence-corrected chi connectivity index (χ3v) is 2.76. The van der Waals surface area contributed by atoms with Crippen LogP contribution in [0.4, 0.5) is 4.79 Å². The molecule has 6 nitrogen and oxygen atoms in total. The molecule has 0 aromatic carbocycles. The van der Waals surface area contributed by atoms with Crippen molar-refractivity contribution in [1.82, 2.24) is 4.90 Å². The Balaban J connectivity index is 4.53. The maximum absolute atomic E-state index is 12.0. The highest BCUT2D eigenvalue weighted by Crippen LogP contribution is 2.15. The van der Waals surface area contributed by atoms with Crippen molar-refractivity contribution in [2.75, 3.05) is 26.1 Å². The molecule has 0 aromatic rings. The van der Waals surface area contributed by atoms with E-state index < -0.39 is 11.7 Å². The summed E-state index contributed by atoms with van der Waals surface area (Å²) in [6.45, 7) is 7.73. The Labute approximate surface area is 118 Å². The van der Waals surface area contributed by atoms with Crippen molar-refractivity contribution in [2.24, 2.45) is 4.99 Å². The molecule has 0 saturated heterocycles. The first-order valence-corrected chi connectivity index (χ1v) is 6.95. The summed E-state index contributed by atoms with van der Waals surface area (Å²) in [4.78, 5) is 27.6. The second-order valence-electron chi connectivity index (χ2n) is 4.53. The third kappa shape index (κ3) is 7.84. The van der Waals surface area contributed by atoms with E-state index in [0.29, 0.717) is 18.0 Å². The van der Waals surface area contributed by atoms with Crippen molar-refractivity contribution in [3.05, 3.63) is 0 Å². The lowest BCUT2D eigenvalue weighted by molar-refractivity contribution is -0.111. The number of aliphatic imine (C=N–C) groups is 1. The molecule has 0 aliphatic carbocycles. The number of hydrogen-bond acceptors (Lipinski definition) is 6. The fraction of sp³-hybridized carbons (Fsp3) is 0.750. The summed E-state index contributed by atoms with van der Waals surface area (Å²) >= 11 is 1.24. The predicted octanol–water partition coefficient (Wildman–Crippen LogP) is 2.14. The van der Waals surface area contributed by atoms with Crippen LogP contribution in [0.2, 0.25) is 0 Å². The molecule has 1 amide bonds. The molecule has 0 fully saturated rings. The maximum Gasteiger partial charge on any atom is 0.416 e. The first-order valence-electron chi connectivity index (χ1n) is 5.97. The van der Waals surface area contributed by atoms with Crippen LogP contribution in [-0.2, 0) is 14.3 Å². The Morgan fingerprint density at radius 1 is 1.42 bits per heavy atom. The van der Waals surface area contributed by atoms with Crippen LogP contribution in [0.25, 0.3) is 0 Å². The third-order valence-electron chi connectivity index (χ3n) is 1.81. The molecular formula is C12H22N2O4S.